The number of hydrogen-bond acceptors (Lipinski definition) is 3. The minimum Gasteiger partial charge on any atom is -0.384 e. The van der Waals surface area contributed by atoms with Gasteiger partial charge in [0.05, 0.1) is 4.90 Å². The molecule has 1 aromatic carbocycles. The fraction of sp³-hybridized carbons (Fsp3) is 0.455. The Kier molecular flexibility index (Phi) is 5.33. The van der Waals surface area contributed by atoms with Crippen molar-refractivity contribution in [2.45, 2.75) is 30.5 Å². The van der Waals surface area contributed by atoms with Crippen LogP contribution >= 0.6 is 0 Å². The predicted molar refractivity (Wildman–Crippen MR) is 63.3 cm³/mol. The smallest absolute Gasteiger partial charge is 0.266 e. The third-order valence-corrected chi connectivity index (χ3v) is 3.87. The lowest BCUT2D eigenvalue weighted by molar-refractivity contribution is -0.0465. The molecule has 4 nitrogen and oxygen atoms in total. The van der Waals surface area contributed by atoms with Gasteiger partial charge in [-0.1, -0.05) is 17.7 Å². The summed E-state index contributed by atoms with van der Waals surface area (Å²) in [4.78, 5) is -0.100. The minimum atomic E-state index is -3.98. The van der Waals surface area contributed by atoms with Crippen LogP contribution in [0.3, 0.4) is 0 Å². The first kappa shape index (κ1) is 15.9. The second-order valence-corrected chi connectivity index (χ2v) is 5.77. The molecule has 0 radical (unpaired) electrons. The van der Waals surface area contributed by atoms with Crippen molar-refractivity contribution >= 4 is 10.0 Å². The second-order valence-electron chi connectivity index (χ2n) is 4.01. The number of hydrogen-bond donors (Lipinski definition) is 2. The summed E-state index contributed by atoms with van der Waals surface area (Å²) in [6.45, 7) is 0.849. The lowest BCUT2D eigenvalue weighted by Crippen LogP contribution is -2.39. The second kappa shape index (κ2) is 6.36. The molecular weight excluding hydrogens is 283 g/mol. The van der Waals surface area contributed by atoms with Crippen molar-refractivity contribution in [3.8, 4) is 0 Å². The molecule has 0 heterocycles. The van der Waals surface area contributed by atoms with Crippen molar-refractivity contribution in [3.05, 3.63) is 29.8 Å². The van der Waals surface area contributed by atoms with E-state index in [2.05, 4.69) is 0 Å². The lowest BCUT2D eigenvalue weighted by atomic mass is 10.2. The molecule has 1 aromatic rings. The third kappa shape index (κ3) is 4.48. The summed E-state index contributed by atoms with van der Waals surface area (Å²) in [5, 5.41) is 8.74. The fourth-order valence-corrected chi connectivity index (χ4v) is 2.31. The maximum absolute atomic E-state index is 13.1. The zero-order valence-electron chi connectivity index (χ0n) is 10.1. The lowest BCUT2D eigenvalue weighted by Gasteiger charge is -2.15. The molecule has 0 fully saturated rings. The Balaban J connectivity index is 2.68. The van der Waals surface area contributed by atoms with Crippen LogP contribution in [0.1, 0.15) is 5.56 Å². The normalized spacial score (nSPS) is 15.5. The Hall–Kier alpha value is -1.12. The summed E-state index contributed by atoms with van der Waals surface area (Å²) in [5.41, 5.74) is 0.843. The molecule has 108 valence electrons. The zero-order chi connectivity index (χ0) is 14.6. The molecule has 2 N–H and O–H groups in total. The standard InChI is InChI=1S/C11H14F3NO3S/c1-7-2-4-8(5-3-7)19(17,18)15-6-9(12)10(16)11(13)14/h2-5,9-11,15-16H,6H2,1H3. The highest BCUT2D eigenvalue weighted by atomic mass is 32.2. The van der Waals surface area contributed by atoms with E-state index in [4.69, 9.17) is 5.11 Å². The number of aryl methyl sites for hydroxylation is 1. The van der Waals surface area contributed by atoms with E-state index in [0.29, 0.717) is 0 Å². The first-order chi connectivity index (χ1) is 8.74. The highest BCUT2D eigenvalue weighted by Crippen LogP contribution is 2.12. The molecule has 0 saturated heterocycles. The molecule has 0 amide bonds. The van der Waals surface area contributed by atoms with E-state index in [9.17, 15) is 21.6 Å². The van der Waals surface area contributed by atoms with Gasteiger partial charge in [0, 0.05) is 6.54 Å². The molecule has 2 atom stereocenters. The molecule has 0 bridgehead atoms. The van der Waals surface area contributed by atoms with Crippen LogP contribution in [-0.4, -0.2) is 38.8 Å². The van der Waals surface area contributed by atoms with Crippen molar-refractivity contribution in [3.63, 3.8) is 0 Å². The van der Waals surface area contributed by atoms with Gasteiger partial charge >= 0.3 is 0 Å². The molecule has 0 spiro atoms. The first-order valence-electron chi connectivity index (χ1n) is 5.40. The van der Waals surface area contributed by atoms with Crippen molar-refractivity contribution in [2.75, 3.05) is 6.54 Å². The largest absolute Gasteiger partial charge is 0.384 e. The van der Waals surface area contributed by atoms with Gasteiger partial charge in [0.15, 0.2) is 0 Å². The van der Waals surface area contributed by atoms with Crippen molar-refractivity contribution in [2.24, 2.45) is 0 Å². The van der Waals surface area contributed by atoms with Crippen molar-refractivity contribution in [1.82, 2.24) is 4.72 Å². The molecule has 0 aliphatic heterocycles. The molecule has 2 unspecified atom stereocenters. The van der Waals surface area contributed by atoms with Crippen LogP contribution in [-0.2, 0) is 10.0 Å². The van der Waals surface area contributed by atoms with Crippen LogP contribution in [0.15, 0.2) is 29.2 Å². The van der Waals surface area contributed by atoms with Gasteiger partial charge in [-0.2, -0.15) is 0 Å². The molecule has 0 aliphatic rings. The quantitative estimate of drug-likeness (QED) is 0.830. The first-order valence-corrected chi connectivity index (χ1v) is 6.89. The number of aliphatic hydroxyl groups is 1. The van der Waals surface area contributed by atoms with Gasteiger partial charge in [0.2, 0.25) is 10.0 Å². The van der Waals surface area contributed by atoms with Gasteiger partial charge in [0.25, 0.3) is 6.43 Å². The molecule has 0 saturated carbocycles. The highest BCUT2D eigenvalue weighted by Gasteiger charge is 2.28. The Morgan fingerprint density at radius 3 is 2.21 bits per heavy atom. The van der Waals surface area contributed by atoms with Gasteiger partial charge in [-0.05, 0) is 19.1 Å². The van der Waals surface area contributed by atoms with Gasteiger partial charge in [0.1, 0.15) is 12.3 Å². The van der Waals surface area contributed by atoms with Crippen molar-refractivity contribution in [1.29, 1.82) is 0 Å². The van der Waals surface area contributed by atoms with Crippen molar-refractivity contribution < 1.29 is 26.7 Å². The van der Waals surface area contributed by atoms with E-state index >= 15 is 0 Å². The highest BCUT2D eigenvalue weighted by molar-refractivity contribution is 7.89. The SMILES string of the molecule is Cc1ccc(S(=O)(=O)NCC(F)C(O)C(F)F)cc1. The Bertz CT molecular complexity index is 504. The van der Waals surface area contributed by atoms with E-state index < -0.39 is 35.3 Å². The van der Waals surface area contributed by atoms with Gasteiger partial charge in [-0.15, -0.1) is 0 Å². The summed E-state index contributed by atoms with van der Waals surface area (Å²) < 4.78 is 62.3. The number of sulfonamides is 1. The summed E-state index contributed by atoms with van der Waals surface area (Å²) in [7, 11) is -3.98. The van der Waals surface area contributed by atoms with Crippen LogP contribution in [0.5, 0.6) is 0 Å². The van der Waals surface area contributed by atoms with Crippen LogP contribution in [0, 0.1) is 6.92 Å². The number of alkyl halides is 3. The topological polar surface area (TPSA) is 66.4 Å². The van der Waals surface area contributed by atoms with E-state index in [0.717, 1.165) is 5.56 Å². The number of nitrogens with one attached hydrogen (secondary N) is 1. The summed E-state index contributed by atoms with van der Waals surface area (Å²) in [6, 6.07) is 5.73. The average Bonchev–Trinajstić information content (AvgIpc) is 2.35. The van der Waals surface area contributed by atoms with Gasteiger partial charge in [-0.25, -0.2) is 26.3 Å². The Labute approximate surface area is 109 Å². The number of benzene rings is 1. The van der Waals surface area contributed by atoms with Gasteiger partial charge < -0.3 is 5.11 Å². The average molecular weight is 297 g/mol. The minimum absolute atomic E-state index is 0.100. The summed E-state index contributed by atoms with van der Waals surface area (Å²) >= 11 is 0. The Morgan fingerprint density at radius 2 is 1.74 bits per heavy atom. The number of aliphatic hydroxyl groups excluding tert-OH is 1. The molecule has 0 aliphatic carbocycles. The fourth-order valence-electron chi connectivity index (χ4n) is 1.27. The Morgan fingerprint density at radius 1 is 1.21 bits per heavy atom. The molecular formula is C11H14F3NO3S. The maximum Gasteiger partial charge on any atom is 0.266 e. The van der Waals surface area contributed by atoms with E-state index in [1.54, 1.807) is 19.1 Å². The van der Waals surface area contributed by atoms with Crippen LogP contribution in [0.2, 0.25) is 0 Å². The predicted octanol–water partition coefficient (Wildman–Crippen LogP) is 1.24. The van der Waals surface area contributed by atoms with E-state index in [1.807, 2.05) is 4.72 Å². The third-order valence-electron chi connectivity index (χ3n) is 2.43. The molecule has 8 heteroatoms. The van der Waals surface area contributed by atoms with Gasteiger partial charge in [-0.3, -0.25) is 0 Å². The monoisotopic (exact) mass is 297 g/mol. The zero-order valence-corrected chi connectivity index (χ0v) is 10.9. The van der Waals surface area contributed by atoms with Crippen LogP contribution in [0.4, 0.5) is 13.2 Å². The van der Waals surface area contributed by atoms with Crippen LogP contribution in [0.25, 0.3) is 0 Å². The maximum atomic E-state index is 13.1. The number of halogens is 3. The van der Waals surface area contributed by atoms with Crippen LogP contribution < -0.4 is 4.72 Å². The summed E-state index contributed by atoms with van der Waals surface area (Å²) in [6.07, 6.45) is -8.15. The number of rotatable bonds is 6. The van der Waals surface area contributed by atoms with E-state index in [1.165, 1.54) is 12.1 Å². The molecule has 0 aromatic heterocycles. The summed E-state index contributed by atoms with van der Waals surface area (Å²) in [5.74, 6) is 0. The molecule has 1 rings (SSSR count). The van der Waals surface area contributed by atoms with E-state index in [-0.39, 0.29) is 4.90 Å². The molecule has 19 heavy (non-hydrogen) atoms.